The lowest BCUT2D eigenvalue weighted by atomic mass is 10.3. The lowest BCUT2D eigenvalue weighted by Gasteiger charge is -2.09. The molecule has 0 aliphatic heterocycles. The van der Waals surface area contributed by atoms with Crippen molar-refractivity contribution < 1.29 is 13.9 Å². The van der Waals surface area contributed by atoms with E-state index in [1.165, 1.54) is 7.11 Å². The first kappa shape index (κ1) is 11.6. The monoisotopic (exact) mass is 234 g/mol. The molecule has 0 bridgehead atoms. The molecule has 0 spiro atoms. The van der Waals surface area contributed by atoms with Crippen LogP contribution in [0.2, 0.25) is 0 Å². The maximum Gasteiger partial charge on any atom is 0.246 e. The highest BCUT2D eigenvalue weighted by Crippen LogP contribution is 2.19. The van der Waals surface area contributed by atoms with E-state index in [2.05, 4.69) is 10.3 Å². The Morgan fingerprint density at radius 1 is 1.53 bits per heavy atom. The summed E-state index contributed by atoms with van der Waals surface area (Å²) in [4.78, 5) is 15.6. The van der Waals surface area contributed by atoms with Crippen molar-refractivity contribution >= 4 is 17.0 Å². The number of carbonyl (C=O) groups is 1. The number of hydrogen-bond acceptors (Lipinski definition) is 4. The Bertz CT molecular complexity index is 488. The topological polar surface area (TPSA) is 64.4 Å². The molecule has 1 atom stereocenters. The molecule has 0 aliphatic carbocycles. The van der Waals surface area contributed by atoms with Crippen LogP contribution in [0.3, 0.4) is 0 Å². The van der Waals surface area contributed by atoms with Crippen LogP contribution in [0, 0.1) is 0 Å². The summed E-state index contributed by atoms with van der Waals surface area (Å²) in [6.45, 7) is 1.85. The molecule has 1 unspecified atom stereocenters. The van der Waals surface area contributed by atoms with Gasteiger partial charge in [-0.05, 0) is 19.1 Å². The van der Waals surface area contributed by atoms with Crippen LogP contribution in [-0.2, 0) is 9.53 Å². The minimum Gasteiger partial charge on any atom is -0.438 e. The van der Waals surface area contributed by atoms with Crippen LogP contribution in [0.5, 0.6) is 0 Å². The Labute approximate surface area is 98.8 Å². The molecule has 5 heteroatoms. The quantitative estimate of drug-likeness (QED) is 0.873. The van der Waals surface area contributed by atoms with Gasteiger partial charge in [-0.2, -0.15) is 0 Å². The largest absolute Gasteiger partial charge is 0.438 e. The molecule has 0 aliphatic rings. The zero-order chi connectivity index (χ0) is 12.3. The number of nitrogens with zero attached hydrogens (tertiary/aromatic N) is 1. The van der Waals surface area contributed by atoms with E-state index < -0.39 is 0 Å². The molecule has 0 fully saturated rings. The minimum absolute atomic E-state index is 0.0323. The third-order valence-corrected chi connectivity index (χ3v) is 2.33. The summed E-state index contributed by atoms with van der Waals surface area (Å²) in [5, 5.41) is 2.74. The average molecular weight is 234 g/mol. The molecule has 17 heavy (non-hydrogen) atoms. The van der Waals surface area contributed by atoms with Crippen molar-refractivity contribution in [2.24, 2.45) is 0 Å². The van der Waals surface area contributed by atoms with Gasteiger partial charge in [0.1, 0.15) is 18.2 Å². The minimum atomic E-state index is -0.273. The number of rotatable bonds is 4. The van der Waals surface area contributed by atoms with Crippen LogP contribution in [-0.4, -0.2) is 24.6 Å². The zero-order valence-electron chi connectivity index (χ0n) is 9.77. The lowest BCUT2D eigenvalue weighted by Crippen LogP contribution is -2.29. The molecule has 1 amide bonds. The fraction of sp³-hybridized carbons (Fsp3) is 0.333. The number of methoxy groups -OCH3 is 1. The van der Waals surface area contributed by atoms with Gasteiger partial charge in [0.25, 0.3) is 0 Å². The van der Waals surface area contributed by atoms with Crippen LogP contribution in [0.1, 0.15) is 18.9 Å². The number of fused-ring (bicyclic) bond motifs is 1. The Hall–Kier alpha value is -1.88. The van der Waals surface area contributed by atoms with E-state index in [0.29, 0.717) is 5.89 Å². The highest BCUT2D eigenvalue weighted by molar-refractivity contribution is 5.77. The molecule has 0 saturated carbocycles. The average Bonchev–Trinajstić information content (AvgIpc) is 2.72. The number of amides is 1. The maximum atomic E-state index is 11.3. The number of hydrogen-bond donors (Lipinski definition) is 1. The second kappa shape index (κ2) is 4.97. The highest BCUT2D eigenvalue weighted by Gasteiger charge is 2.15. The van der Waals surface area contributed by atoms with Gasteiger partial charge in [-0.3, -0.25) is 4.79 Å². The van der Waals surface area contributed by atoms with Gasteiger partial charge in [-0.1, -0.05) is 12.1 Å². The summed E-state index contributed by atoms with van der Waals surface area (Å²) in [7, 11) is 1.48. The first-order valence-electron chi connectivity index (χ1n) is 5.34. The van der Waals surface area contributed by atoms with Crippen molar-refractivity contribution in [3.8, 4) is 0 Å². The smallest absolute Gasteiger partial charge is 0.246 e. The predicted molar refractivity (Wildman–Crippen MR) is 62.4 cm³/mol. The van der Waals surface area contributed by atoms with Crippen molar-refractivity contribution in [2.45, 2.75) is 13.0 Å². The third kappa shape index (κ3) is 2.62. The van der Waals surface area contributed by atoms with E-state index in [0.717, 1.165) is 11.1 Å². The van der Waals surface area contributed by atoms with Crippen LogP contribution in [0.25, 0.3) is 11.1 Å². The van der Waals surface area contributed by atoms with Gasteiger partial charge >= 0.3 is 0 Å². The van der Waals surface area contributed by atoms with Crippen molar-refractivity contribution in [1.29, 1.82) is 0 Å². The second-order valence-electron chi connectivity index (χ2n) is 3.74. The van der Waals surface area contributed by atoms with Gasteiger partial charge in [0.15, 0.2) is 5.58 Å². The van der Waals surface area contributed by atoms with Crippen LogP contribution in [0.4, 0.5) is 0 Å². The van der Waals surface area contributed by atoms with Crippen molar-refractivity contribution in [1.82, 2.24) is 10.3 Å². The molecule has 0 radical (unpaired) electrons. The number of oxazole rings is 1. The van der Waals surface area contributed by atoms with E-state index in [1.54, 1.807) is 0 Å². The summed E-state index contributed by atoms with van der Waals surface area (Å²) in [5.41, 5.74) is 1.51. The van der Waals surface area contributed by atoms with Gasteiger partial charge in [-0.25, -0.2) is 4.98 Å². The first-order chi connectivity index (χ1) is 8.20. The van der Waals surface area contributed by atoms with Crippen LogP contribution < -0.4 is 5.32 Å². The highest BCUT2D eigenvalue weighted by atomic mass is 16.5. The van der Waals surface area contributed by atoms with E-state index >= 15 is 0 Å². The second-order valence-corrected chi connectivity index (χ2v) is 3.74. The lowest BCUT2D eigenvalue weighted by molar-refractivity contribution is -0.125. The molecule has 2 aromatic rings. The van der Waals surface area contributed by atoms with E-state index in [4.69, 9.17) is 9.15 Å². The van der Waals surface area contributed by atoms with Gasteiger partial charge in [-0.15, -0.1) is 0 Å². The summed E-state index contributed by atoms with van der Waals surface area (Å²) in [6, 6.07) is 7.21. The molecule has 1 aromatic carbocycles. The van der Waals surface area contributed by atoms with Gasteiger partial charge in [0.2, 0.25) is 11.8 Å². The van der Waals surface area contributed by atoms with Gasteiger partial charge < -0.3 is 14.5 Å². The number of aromatic nitrogens is 1. The molecule has 1 heterocycles. The zero-order valence-corrected chi connectivity index (χ0v) is 9.77. The molecule has 5 nitrogen and oxygen atoms in total. The fourth-order valence-electron chi connectivity index (χ4n) is 1.55. The van der Waals surface area contributed by atoms with Crippen LogP contribution >= 0.6 is 0 Å². The normalized spacial score (nSPS) is 12.6. The predicted octanol–water partition coefficient (Wildman–Crippen LogP) is 1.65. The maximum absolute atomic E-state index is 11.3. The molecule has 2 rings (SSSR count). The van der Waals surface area contributed by atoms with Crippen molar-refractivity contribution in [3.63, 3.8) is 0 Å². The Kier molecular flexibility index (Phi) is 3.39. The number of benzene rings is 1. The Balaban J connectivity index is 2.13. The SMILES string of the molecule is COCC(=O)NC(C)c1nc2ccccc2o1. The number of para-hydroxylation sites is 2. The number of nitrogens with one attached hydrogen (secondary N) is 1. The fourth-order valence-corrected chi connectivity index (χ4v) is 1.55. The Morgan fingerprint density at radius 3 is 3.00 bits per heavy atom. The van der Waals surface area contributed by atoms with Gasteiger partial charge in [0.05, 0.1) is 0 Å². The molecule has 0 saturated heterocycles. The molecule has 1 aromatic heterocycles. The van der Waals surface area contributed by atoms with Crippen molar-refractivity contribution in [2.75, 3.05) is 13.7 Å². The summed E-state index contributed by atoms with van der Waals surface area (Å²) in [5.74, 6) is 0.304. The number of ether oxygens (including phenoxy) is 1. The van der Waals surface area contributed by atoms with Crippen molar-refractivity contribution in [3.05, 3.63) is 30.2 Å². The molecular weight excluding hydrogens is 220 g/mol. The molecule has 1 N–H and O–H groups in total. The standard InChI is InChI=1S/C12H14N2O3/c1-8(13-11(15)7-16-2)12-14-9-5-3-4-6-10(9)17-12/h3-6,8H,7H2,1-2H3,(H,13,15). The summed E-state index contributed by atoms with van der Waals surface area (Å²) >= 11 is 0. The van der Waals surface area contributed by atoms with E-state index in [1.807, 2.05) is 31.2 Å². The Morgan fingerprint density at radius 2 is 2.29 bits per heavy atom. The molecule has 90 valence electrons. The first-order valence-corrected chi connectivity index (χ1v) is 5.34. The van der Waals surface area contributed by atoms with Crippen LogP contribution in [0.15, 0.2) is 28.7 Å². The van der Waals surface area contributed by atoms with Gasteiger partial charge in [0, 0.05) is 7.11 Å². The third-order valence-electron chi connectivity index (χ3n) is 2.33. The molecular formula is C12H14N2O3. The van der Waals surface area contributed by atoms with E-state index in [-0.39, 0.29) is 18.6 Å². The summed E-state index contributed by atoms with van der Waals surface area (Å²) < 4.78 is 10.3. The number of carbonyl (C=O) groups excluding carboxylic acids is 1. The summed E-state index contributed by atoms with van der Waals surface area (Å²) in [6.07, 6.45) is 0. The van der Waals surface area contributed by atoms with E-state index in [9.17, 15) is 4.79 Å².